The van der Waals surface area contributed by atoms with Gasteiger partial charge in [-0.15, -0.1) is 0 Å². The van der Waals surface area contributed by atoms with Crippen LogP contribution in [0.3, 0.4) is 0 Å². The van der Waals surface area contributed by atoms with Crippen molar-refractivity contribution >= 4 is 17.3 Å². The lowest BCUT2D eigenvalue weighted by Gasteiger charge is -2.20. The van der Waals surface area contributed by atoms with E-state index in [0.29, 0.717) is 13.1 Å². The van der Waals surface area contributed by atoms with Crippen molar-refractivity contribution in [3.63, 3.8) is 0 Å². The van der Waals surface area contributed by atoms with Crippen LogP contribution in [0.4, 0.5) is 11.4 Å². The summed E-state index contributed by atoms with van der Waals surface area (Å²) in [6.07, 6.45) is 0.890. The van der Waals surface area contributed by atoms with Crippen LogP contribution in [0.25, 0.3) is 0 Å². The first-order chi connectivity index (χ1) is 9.35. The highest BCUT2D eigenvalue weighted by Crippen LogP contribution is 2.33. The van der Waals surface area contributed by atoms with Gasteiger partial charge < -0.3 is 10.3 Å². The summed E-state index contributed by atoms with van der Waals surface area (Å²) in [7, 11) is 0. The molecule has 0 radical (unpaired) electrons. The van der Waals surface area contributed by atoms with Crippen LogP contribution in [-0.2, 0) is 0 Å². The molecule has 108 valence electrons. The zero-order valence-electron chi connectivity index (χ0n) is 11.5. The summed E-state index contributed by atoms with van der Waals surface area (Å²) in [5.41, 5.74) is 2.25. The van der Waals surface area contributed by atoms with Crippen LogP contribution in [-0.4, -0.2) is 28.8 Å². The van der Waals surface area contributed by atoms with Crippen molar-refractivity contribution in [3.8, 4) is 0 Å². The van der Waals surface area contributed by atoms with Crippen LogP contribution in [0.5, 0.6) is 0 Å². The molecule has 20 heavy (non-hydrogen) atoms. The molecule has 1 heterocycles. The Morgan fingerprint density at radius 2 is 2.20 bits per heavy atom. The average molecular weight is 278 g/mol. The lowest BCUT2D eigenvalue weighted by molar-refractivity contribution is -0.384. The van der Waals surface area contributed by atoms with Gasteiger partial charge in [0.1, 0.15) is 11.3 Å². The van der Waals surface area contributed by atoms with Crippen molar-refractivity contribution in [1.29, 1.82) is 0 Å². The molecule has 7 heteroatoms. The van der Waals surface area contributed by atoms with Crippen LogP contribution in [0, 0.1) is 15.5 Å². The van der Waals surface area contributed by atoms with Gasteiger partial charge in [0.05, 0.1) is 4.92 Å². The Bertz CT molecular complexity index is 557. The standard InChI is InChI=1S/C13H18N4O3/c1-13(2)6-7-16(8-13)12(18)9-4-3-5-10(15-14)11(9)17(19)20/h3-5,15H,6-8,14H2,1-2H3. The van der Waals surface area contributed by atoms with E-state index in [1.54, 1.807) is 11.0 Å². The number of para-hydroxylation sites is 1. The number of nitro benzene ring substituents is 1. The average Bonchev–Trinajstić information content (AvgIpc) is 2.77. The van der Waals surface area contributed by atoms with E-state index in [4.69, 9.17) is 5.84 Å². The highest BCUT2D eigenvalue weighted by molar-refractivity contribution is 6.00. The van der Waals surface area contributed by atoms with Gasteiger partial charge in [-0.3, -0.25) is 20.8 Å². The molecule has 1 saturated heterocycles. The van der Waals surface area contributed by atoms with Gasteiger partial charge in [0.25, 0.3) is 5.91 Å². The number of likely N-dealkylation sites (tertiary alicyclic amines) is 1. The Morgan fingerprint density at radius 1 is 1.50 bits per heavy atom. The number of nitrogens with two attached hydrogens (primary N) is 1. The third-order valence-electron chi connectivity index (χ3n) is 3.57. The predicted molar refractivity (Wildman–Crippen MR) is 75.2 cm³/mol. The third-order valence-corrected chi connectivity index (χ3v) is 3.57. The normalized spacial score (nSPS) is 17.1. The number of nitrogen functional groups attached to an aromatic ring is 1. The summed E-state index contributed by atoms with van der Waals surface area (Å²) < 4.78 is 0. The Balaban J connectivity index is 2.38. The van der Waals surface area contributed by atoms with Gasteiger partial charge in [-0.25, -0.2) is 0 Å². The molecular formula is C13H18N4O3. The molecule has 1 amide bonds. The van der Waals surface area contributed by atoms with Crippen LogP contribution in [0.1, 0.15) is 30.6 Å². The second-order valence-corrected chi connectivity index (χ2v) is 5.74. The summed E-state index contributed by atoms with van der Waals surface area (Å²) in [4.78, 5) is 24.7. The van der Waals surface area contributed by atoms with E-state index >= 15 is 0 Å². The van der Waals surface area contributed by atoms with E-state index in [1.807, 2.05) is 0 Å². The first kappa shape index (κ1) is 14.3. The van der Waals surface area contributed by atoms with Gasteiger partial charge in [0.2, 0.25) is 0 Å². The molecule has 0 spiro atoms. The van der Waals surface area contributed by atoms with Gasteiger partial charge in [-0.2, -0.15) is 0 Å². The lowest BCUT2D eigenvalue weighted by Crippen LogP contribution is -2.31. The van der Waals surface area contributed by atoms with Crippen LogP contribution >= 0.6 is 0 Å². The van der Waals surface area contributed by atoms with Crippen molar-refractivity contribution in [3.05, 3.63) is 33.9 Å². The first-order valence-electron chi connectivity index (χ1n) is 6.39. The molecule has 0 aliphatic carbocycles. The Kier molecular flexibility index (Phi) is 3.63. The molecule has 1 aliphatic rings. The molecule has 0 bridgehead atoms. The summed E-state index contributed by atoms with van der Waals surface area (Å²) in [6.45, 7) is 5.37. The number of hydrazine groups is 1. The Hall–Kier alpha value is -2.15. The van der Waals surface area contributed by atoms with Crippen LogP contribution in [0.2, 0.25) is 0 Å². The molecule has 2 rings (SSSR count). The van der Waals surface area contributed by atoms with E-state index in [-0.39, 0.29) is 28.3 Å². The summed E-state index contributed by atoms with van der Waals surface area (Å²) in [6, 6.07) is 4.52. The number of hydrogen-bond acceptors (Lipinski definition) is 5. The number of hydrogen-bond donors (Lipinski definition) is 2. The number of benzene rings is 1. The maximum absolute atomic E-state index is 12.5. The molecule has 1 aliphatic heterocycles. The molecule has 1 aromatic carbocycles. The van der Waals surface area contributed by atoms with E-state index in [2.05, 4.69) is 19.3 Å². The highest BCUT2D eigenvalue weighted by atomic mass is 16.6. The summed E-state index contributed by atoms with van der Waals surface area (Å²) >= 11 is 0. The van der Waals surface area contributed by atoms with Gasteiger partial charge in [-0.1, -0.05) is 19.9 Å². The van der Waals surface area contributed by atoms with Crippen molar-refractivity contribution in [2.24, 2.45) is 11.3 Å². The Morgan fingerprint density at radius 3 is 2.70 bits per heavy atom. The van der Waals surface area contributed by atoms with Gasteiger partial charge in [-0.05, 0) is 24.0 Å². The van der Waals surface area contributed by atoms with E-state index < -0.39 is 4.92 Å². The second-order valence-electron chi connectivity index (χ2n) is 5.74. The number of rotatable bonds is 3. The summed E-state index contributed by atoms with van der Waals surface area (Å²) in [5.74, 6) is 4.95. The van der Waals surface area contributed by atoms with Gasteiger partial charge in [0.15, 0.2) is 0 Å². The number of carbonyl (C=O) groups excluding carboxylic acids is 1. The zero-order chi connectivity index (χ0) is 14.9. The summed E-state index contributed by atoms with van der Waals surface area (Å²) in [5, 5.41) is 11.2. The zero-order valence-corrected chi connectivity index (χ0v) is 11.5. The highest BCUT2D eigenvalue weighted by Gasteiger charge is 2.35. The minimum absolute atomic E-state index is 0.0498. The number of nitro groups is 1. The molecule has 1 aromatic rings. The molecule has 3 N–H and O–H groups in total. The number of nitrogens with one attached hydrogen (secondary N) is 1. The second kappa shape index (κ2) is 5.09. The fourth-order valence-electron chi connectivity index (χ4n) is 2.49. The molecule has 0 atom stereocenters. The van der Waals surface area contributed by atoms with Gasteiger partial charge in [0, 0.05) is 13.1 Å². The number of nitrogens with zero attached hydrogens (tertiary/aromatic N) is 2. The first-order valence-corrected chi connectivity index (χ1v) is 6.39. The van der Waals surface area contributed by atoms with Crippen molar-refractivity contribution in [2.45, 2.75) is 20.3 Å². The van der Waals surface area contributed by atoms with Crippen molar-refractivity contribution in [2.75, 3.05) is 18.5 Å². The van der Waals surface area contributed by atoms with Crippen molar-refractivity contribution < 1.29 is 9.72 Å². The van der Waals surface area contributed by atoms with Crippen LogP contribution in [0.15, 0.2) is 18.2 Å². The third kappa shape index (κ3) is 2.57. The lowest BCUT2D eigenvalue weighted by atomic mass is 9.93. The monoisotopic (exact) mass is 278 g/mol. The maximum Gasteiger partial charge on any atom is 0.306 e. The molecular weight excluding hydrogens is 260 g/mol. The largest absolute Gasteiger partial charge is 0.338 e. The van der Waals surface area contributed by atoms with Gasteiger partial charge >= 0.3 is 5.69 Å². The molecule has 7 nitrogen and oxygen atoms in total. The topological polar surface area (TPSA) is 102 Å². The number of amides is 1. The maximum atomic E-state index is 12.5. The minimum Gasteiger partial charge on any atom is -0.338 e. The number of anilines is 1. The fraction of sp³-hybridized carbons (Fsp3) is 0.462. The van der Waals surface area contributed by atoms with E-state index in [0.717, 1.165) is 6.42 Å². The smallest absolute Gasteiger partial charge is 0.306 e. The number of carbonyl (C=O) groups is 1. The predicted octanol–water partition coefficient (Wildman–Crippen LogP) is 1.75. The van der Waals surface area contributed by atoms with E-state index in [9.17, 15) is 14.9 Å². The molecule has 0 saturated carbocycles. The van der Waals surface area contributed by atoms with E-state index in [1.165, 1.54) is 12.1 Å². The quantitative estimate of drug-likeness (QED) is 0.498. The molecule has 0 aromatic heterocycles. The SMILES string of the molecule is CC1(C)CCN(C(=O)c2cccc(NN)c2[N+](=O)[O-])C1. The Labute approximate surface area is 116 Å². The molecule has 0 unspecified atom stereocenters. The van der Waals surface area contributed by atoms with Crippen molar-refractivity contribution in [1.82, 2.24) is 4.90 Å². The minimum atomic E-state index is -0.580. The van der Waals surface area contributed by atoms with Crippen LogP contribution < -0.4 is 11.3 Å². The molecule has 1 fully saturated rings. The fourth-order valence-corrected chi connectivity index (χ4v) is 2.49.